The summed E-state index contributed by atoms with van der Waals surface area (Å²) in [5, 5.41) is 60.4. The quantitative estimate of drug-likeness (QED) is 0.0239. The van der Waals surface area contributed by atoms with Gasteiger partial charge in [-0.15, -0.1) is 17.4 Å². The van der Waals surface area contributed by atoms with E-state index < -0.39 is 0 Å². The molecule has 0 radical (unpaired) electrons. The van der Waals surface area contributed by atoms with E-state index in [1.54, 1.807) is 60.7 Å². The number of thioether (sulfide) groups is 1. The van der Waals surface area contributed by atoms with Gasteiger partial charge in [0.2, 0.25) is 5.91 Å². The zero-order valence-electron chi connectivity index (χ0n) is 47.7. The summed E-state index contributed by atoms with van der Waals surface area (Å²) < 4.78 is 17.8. The molecule has 2 saturated heterocycles. The molecule has 3 amide bonds. The number of carbonyl (C=O) groups excluding carboxylic acids is 2. The van der Waals surface area contributed by atoms with Gasteiger partial charge in [0, 0.05) is 88.1 Å². The molecule has 5 heterocycles. The molecule has 5 aliphatic heterocycles. The van der Waals surface area contributed by atoms with E-state index in [-0.39, 0.29) is 123 Å². The van der Waals surface area contributed by atoms with Gasteiger partial charge < -0.3 is 61.2 Å². The first-order valence-corrected chi connectivity index (χ1v) is 30.2. The number of hydrogen-bond donors (Lipinski definition) is 7. The van der Waals surface area contributed by atoms with E-state index in [1.165, 1.54) is 68.9 Å². The smallest absolute Gasteiger partial charge is 0.872 e. The Bertz CT molecular complexity index is 3070. The van der Waals surface area contributed by atoms with Crippen molar-refractivity contribution in [2.75, 3.05) is 12.3 Å². The number of fused-ring (bicyclic) bond motifs is 7. The molecule has 7 aliphatic rings. The van der Waals surface area contributed by atoms with Crippen LogP contribution in [0.4, 0.5) is 4.79 Å². The molecule has 8 N–H and O–H groups in total. The number of phenolic OH excluding ortho intramolecular Hbond substituents is 4. The molecule has 13 rings (SSSR count). The third kappa shape index (κ3) is 15.2. The molecule has 6 aromatic carbocycles. The topological polar surface area (TPSA) is 232 Å². The molecule has 2 saturated carbocycles. The number of aromatic hydroxyl groups is 4. The summed E-state index contributed by atoms with van der Waals surface area (Å²) >= 11 is 1.92. The molecule has 2 aliphatic carbocycles. The van der Waals surface area contributed by atoms with Gasteiger partial charge in [-0.25, -0.2) is 4.79 Å². The minimum absolute atomic E-state index is 0. The van der Waals surface area contributed by atoms with Crippen molar-refractivity contribution in [3.05, 3.63) is 149 Å². The molecule has 17 heteroatoms. The second kappa shape index (κ2) is 29.7. The Hall–Kier alpha value is -5.23. The summed E-state index contributed by atoms with van der Waals surface area (Å²) in [4.78, 5) is 23.7. The van der Waals surface area contributed by atoms with Crippen LogP contribution in [0.2, 0.25) is 0 Å². The summed E-state index contributed by atoms with van der Waals surface area (Å²) in [5.41, 5.74) is 6.86. The van der Waals surface area contributed by atoms with E-state index in [9.17, 15) is 35.1 Å². The van der Waals surface area contributed by atoms with E-state index in [0.29, 0.717) is 64.9 Å². The summed E-state index contributed by atoms with van der Waals surface area (Å²) in [5.74, 6) is 8.26. The number of benzene rings is 6. The molecule has 0 spiro atoms. The first-order chi connectivity index (χ1) is 39.0. The first-order valence-electron chi connectivity index (χ1n) is 29.1. The average molecular weight is 1160 g/mol. The molecule has 14 nitrogen and oxygen atoms in total. The number of hydrogen-bond acceptors (Lipinski definition) is 12. The Labute approximate surface area is 535 Å². The van der Waals surface area contributed by atoms with Crippen LogP contribution in [0.25, 0.3) is 0 Å². The van der Waals surface area contributed by atoms with Crippen molar-refractivity contribution < 1.29 is 114 Å². The Kier molecular flexibility index (Phi) is 22.8. The van der Waals surface area contributed by atoms with E-state index in [1.807, 2.05) is 54.2 Å². The zero-order valence-corrected chi connectivity index (χ0v) is 52.6. The maximum absolute atomic E-state index is 12.2. The van der Waals surface area contributed by atoms with E-state index in [0.717, 1.165) is 90.9 Å². The molecule has 0 bridgehead atoms. The maximum atomic E-state index is 12.2. The number of ether oxygens (including phenoxy) is 3. The van der Waals surface area contributed by atoms with Crippen LogP contribution in [0.5, 0.6) is 63.2 Å². The Morgan fingerprint density at radius 3 is 1.65 bits per heavy atom. The van der Waals surface area contributed by atoms with E-state index in [4.69, 9.17) is 14.2 Å². The predicted octanol–water partition coefficient (Wildman–Crippen LogP) is 7.86. The number of nitrogens with one attached hydrogen (secondary N) is 3. The molecule has 4 atom stereocenters. The number of phenols is 4. The van der Waals surface area contributed by atoms with Gasteiger partial charge in [-0.05, 0) is 105 Å². The van der Waals surface area contributed by atoms with Crippen LogP contribution < -0.4 is 94.4 Å². The van der Waals surface area contributed by atoms with Crippen molar-refractivity contribution in [1.29, 1.82) is 0 Å². The van der Waals surface area contributed by atoms with Crippen molar-refractivity contribution in [3.63, 3.8) is 0 Å². The minimum atomic E-state index is -0.0498. The second-order valence-electron chi connectivity index (χ2n) is 22.7. The van der Waals surface area contributed by atoms with E-state index >= 15 is 0 Å². The summed E-state index contributed by atoms with van der Waals surface area (Å²) in [6.07, 6.45) is 20.0. The van der Waals surface area contributed by atoms with Crippen LogP contribution >= 0.6 is 11.8 Å². The van der Waals surface area contributed by atoms with Crippen molar-refractivity contribution in [2.24, 2.45) is 11.8 Å². The van der Waals surface area contributed by atoms with Gasteiger partial charge in [-0.2, -0.15) is 30.0 Å². The van der Waals surface area contributed by atoms with Gasteiger partial charge in [0.25, 0.3) is 0 Å². The fourth-order valence-corrected chi connectivity index (χ4v) is 15.1. The van der Waals surface area contributed by atoms with Crippen molar-refractivity contribution in [2.45, 2.75) is 151 Å². The van der Waals surface area contributed by atoms with Gasteiger partial charge in [0.05, 0.1) is 12.1 Å². The third-order valence-corrected chi connectivity index (χ3v) is 18.9. The molecule has 4 unspecified atom stereocenters. The van der Waals surface area contributed by atoms with Gasteiger partial charge in [-0.3, -0.25) is 4.79 Å². The average Bonchev–Trinajstić information content (AvgIpc) is 4.39. The third-order valence-electron chi connectivity index (χ3n) is 17.4. The Balaban J connectivity index is 0.000000171. The number of rotatable bonds is 14. The van der Waals surface area contributed by atoms with Crippen LogP contribution in [0.3, 0.4) is 0 Å². The zero-order chi connectivity index (χ0) is 55.1. The normalized spacial score (nSPS) is 19.8. The minimum Gasteiger partial charge on any atom is -0.872 e. The Morgan fingerprint density at radius 1 is 0.578 bits per heavy atom. The Morgan fingerprint density at radius 2 is 1.06 bits per heavy atom. The standard InChI is InChI=1S/C29H37N3O5S.C19H20O3.C18H17O2.2Na.H2O/c33-18-10-12-21-20(22-13-11-19(34)16-25(22)37-24(21)15-18)7-3-1-2-6-14-30-27(35)9-5-4-8-26-28-23(17-38-26)31-29(36)32-28;20-13-6-8-15-17(10-13)22-18-11-14(21)7-9-16(18)19(15)12-4-2-1-3-5-12;19-13-9-10-15-17(11-13)20-16-8-4-3-7-14(16)18(15)12-5-1-2-6-12;;;/h10-13,15-16,20,23,26,28,33-34H,1-9,14,17H2,(H,30,35)(H2,31,32,36);6-12,19-21H,1-5H2;3,7-12,18-19H,1-2,5-6H2;;;1H2/q;;-1;2*+1;/p-2. The molecule has 0 aromatic heterocycles. The van der Waals surface area contributed by atoms with Crippen LogP contribution in [0.15, 0.2) is 109 Å². The number of carbonyl (C=O) groups is 2. The fourth-order valence-electron chi connectivity index (χ4n) is 13.5. The van der Waals surface area contributed by atoms with Crippen molar-refractivity contribution >= 4 is 23.7 Å². The van der Waals surface area contributed by atoms with Crippen LogP contribution in [-0.4, -0.2) is 67.5 Å². The van der Waals surface area contributed by atoms with Crippen LogP contribution in [0, 0.1) is 17.9 Å². The summed E-state index contributed by atoms with van der Waals surface area (Å²) in [6.45, 7) is 0.709. The number of urea groups is 1. The SMILES string of the molecule is O=C(CCCCC1SCC2NC(=O)NC21)NCCCCCCC1c2ccc(O)cc2Oc2cc(O)ccc21.Oc1ccc2c(c1)Oc1cc(O)ccc1C2C1CCCCC1.[Na+].[Na+].[O-]c1ccc2c(c1)Oc1c[c-]ccc1C2C1CCCC1.[OH-]. The monoisotopic (exact) mass is 1160 g/mol. The molecular weight excluding hydrogens is 1090 g/mol. The molecule has 83 heavy (non-hydrogen) atoms. The first kappa shape index (κ1) is 63.8. The van der Waals surface area contributed by atoms with Gasteiger partial charge in [0.15, 0.2) is 0 Å². The largest absolute Gasteiger partial charge is 1.00 e. The van der Waals surface area contributed by atoms with Crippen LogP contribution in [0.1, 0.15) is 167 Å². The fraction of sp³-hybridized carbons (Fsp3) is 0.424. The maximum Gasteiger partial charge on any atom is 1.00 e. The van der Waals surface area contributed by atoms with Crippen LogP contribution in [-0.2, 0) is 4.79 Å². The molecule has 4 fully saturated rings. The van der Waals surface area contributed by atoms with Crippen molar-refractivity contribution in [3.8, 4) is 63.2 Å². The molecule has 6 aromatic rings. The summed E-state index contributed by atoms with van der Waals surface area (Å²) in [7, 11) is 0. The van der Waals surface area contributed by atoms with Gasteiger partial charge >= 0.3 is 65.1 Å². The van der Waals surface area contributed by atoms with E-state index in [2.05, 4.69) is 28.1 Å². The van der Waals surface area contributed by atoms with Gasteiger partial charge in [-0.1, -0.05) is 94.2 Å². The van der Waals surface area contributed by atoms with Crippen molar-refractivity contribution in [1.82, 2.24) is 16.0 Å². The summed E-state index contributed by atoms with van der Waals surface area (Å²) in [6, 6.07) is 36.0. The second-order valence-corrected chi connectivity index (χ2v) is 24.0. The van der Waals surface area contributed by atoms with Gasteiger partial charge in [0.1, 0.15) is 51.7 Å². The number of amides is 3. The molecular formula is C66H74N3Na2O11S-. The predicted molar refractivity (Wildman–Crippen MR) is 310 cm³/mol. The number of unbranched alkanes of at least 4 members (excludes halogenated alkanes) is 4. The molecule has 428 valence electrons.